The molecule has 1 aromatic rings. The summed E-state index contributed by atoms with van der Waals surface area (Å²) in [6.45, 7) is 0. The molecule has 10 heavy (non-hydrogen) atoms. The highest BCUT2D eigenvalue weighted by Gasteiger charge is 2.33. The quantitative estimate of drug-likeness (QED) is 0.683. The highest BCUT2D eigenvalue weighted by Crippen LogP contribution is 2.32. The first kappa shape index (κ1) is 7.65. The Morgan fingerprint density at radius 3 is 2.20 bits per heavy atom. The summed E-state index contributed by atoms with van der Waals surface area (Å²) in [7, 11) is 0. The molecule has 0 fully saturated rings. The maximum absolute atomic E-state index is 11.8. The Balaban J connectivity index is 3.05. The topological polar surface area (TPSA) is 15.8 Å². The van der Waals surface area contributed by atoms with Crippen molar-refractivity contribution < 1.29 is 13.2 Å². The smallest absolute Gasteiger partial charge is 0.357 e. The van der Waals surface area contributed by atoms with E-state index in [1.165, 1.54) is 12.3 Å². The minimum atomic E-state index is -4.29. The van der Waals surface area contributed by atoms with Crippen LogP contribution in [0.3, 0.4) is 0 Å². The van der Waals surface area contributed by atoms with E-state index in [0.29, 0.717) is 0 Å². The van der Waals surface area contributed by atoms with Gasteiger partial charge in [0.2, 0.25) is 0 Å². The van der Waals surface area contributed by atoms with E-state index in [-0.39, 0.29) is 4.47 Å². The number of hydrogen-bond acceptors (Lipinski definition) is 0. The number of nitrogens with one attached hydrogen (secondary N) is 1. The predicted octanol–water partition coefficient (Wildman–Crippen LogP) is 2.80. The molecule has 1 aromatic heterocycles. The second-order valence-electron chi connectivity index (χ2n) is 1.70. The third-order valence-electron chi connectivity index (χ3n) is 0.980. The van der Waals surface area contributed by atoms with Crippen LogP contribution in [-0.4, -0.2) is 4.98 Å². The van der Waals surface area contributed by atoms with Crippen LogP contribution in [0.2, 0.25) is 0 Å². The minimum absolute atomic E-state index is 0.0417. The van der Waals surface area contributed by atoms with Gasteiger partial charge in [-0.15, -0.1) is 0 Å². The summed E-state index contributed by atoms with van der Waals surface area (Å²) in [5.41, 5.74) is -0.743. The summed E-state index contributed by atoms with van der Waals surface area (Å²) in [4.78, 5) is 2.07. The second-order valence-corrected chi connectivity index (χ2v) is 2.55. The van der Waals surface area contributed by atoms with Crippen LogP contribution in [-0.2, 0) is 6.18 Å². The van der Waals surface area contributed by atoms with Crippen molar-refractivity contribution in [1.82, 2.24) is 4.98 Å². The van der Waals surface area contributed by atoms with E-state index < -0.39 is 11.9 Å². The lowest BCUT2D eigenvalue weighted by Gasteiger charge is -2.02. The van der Waals surface area contributed by atoms with E-state index in [0.717, 1.165) is 0 Å². The summed E-state index contributed by atoms with van der Waals surface area (Å²) in [6, 6.07) is 1.31. The normalized spacial score (nSPS) is 12.0. The molecule has 0 aromatic carbocycles. The molecule has 0 radical (unpaired) electrons. The van der Waals surface area contributed by atoms with E-state index >= 15 is 0 Å². The number of H-pyrrole nitrogens is 1. The third-order valence-corrected chi connectivity index (χ3v) is 1.64. The van der Waals surface area contributed by atoms with E-state index in [9.17, 15) is 13.2 Å². The lowest BCUT2D eigenvalue weighted by molar-refractivity contribution is -0.141. The Morgan fingerprint density at radius 2 is 2.00 bits per heavy atom. The summed E-state index contributed by atoms with van der Waals surface area (Å²) < 4.78 is 35.5. The number of rotatable bonds is 0. The van der Waals surface area contributed by atoms with Gasteiger partial charge in [0.1, 0.15) is 5.69 Å². The molecule has 1 N–H and O–H groups in total. The van der Waals surface area contributed by atoms with Crippen molar-refractivity contribution in [2.45, 2.75) is 6.18 Å². The van der Waals surface area contributed by atoms with E-state index in [4.69, 9.17) is 0 Å². The van der Waals surface area contributed by atoms with Gasteiger partial charge in [-0.1, -0.05) is 0 Å². The van der Waals surface area contributed by atoms with Gasteiger partial charge in [0.25, 0.3) is 0 Å². The van der Waals surface area contributed by atoms with Gasteiger partial charge >= 0.3 is 6.18 Å². The van der Waals surface area contributed by atoms with Crippen LogP contribution in [0, 0.1) is 0 Å². The summed E-state index contributed by atoms with van der Waals surface area (Å²) in [5.74, 6) is 0. The van der Waals surface area contributed by atoms with Gasteiger partial charge < -0.3 is 4.98 Å². The lowest BCUT2D eigenvalue weighted by atomic mass is 10.4. The molecule has 0 atom stereocenters. The van der Waals surface area contributed by atoms with Gasteiger partial charge in [0.15, 0.2) is 0 Å². The molecular weight excluding hydrogens is 211 g/mol. The molecule has 56 valence electrons. The van der Waals surface area contributed by atoms with E-state index in [2.05, 4.69) is 20.9 Å². The van der Waals surface area contributed by atoms with Crippen LogP contribution in [0.5, 0.6) is 0 Å². The molecule has 0 bridgehead atoms. The molecule has 0 saturated carbocycles. The van der Waals surface area contributed by atoms with E-state index in [1.807, 2.05) is 0 Å². The zero-order valence-electron chi connectivity index (χ0n) is 4.67. The van der Waals surface area contributed by atoms with Gasteiger partial charge in [0, 0.05) is 10.7 Å². The maximum Gasteiger partial charge on any atom is 0.432 e. The van der Waals surface area contributed by atoms with Crippen molar-refractivity contribution in [2.24, 2.45) is 0 Å². The highest BCUT2D eigenvalue weighted by atomic mass is 79.9. The molecular formula is C5H3BrF3N. The standard InChI is InChI=1S/C5H3BrF3N/c6-3-1-2-10-4(3)5(7,8)9/h1-2,10H. The summed E-state index contributed by atoms with van der Waals surface area (Å²) in [5, 5.41) is 0. The van der Waals surface area contributed by atoms with Crippen molar-refractivity contribution in [2.75, 3.05) is 0 Å². The molecule has 0 spiro atoms. The largest absolute Gasteiger partial charge is 0.432 e. The van der Waals surface area contributed by atoms with Crippen molar-refractivity contribution in [1.29, 1.82) is 0 Å². The average Bonchev–Trinajstić information content (AvgIpc) is 2.11. The first-order chi connectivity index (χ1) is 4.52. The van der Waals surface area contributed by atoms with Crippen molar-refractivity contribution >= 4 is 15.9 Å². The highest BCUT2D eigenvalue weighted by molar-refractivity contribution is 9.10. The van der Waals surface area contributed by atoms with Gasteiger partial charge in [-0.2, -0.15) is 13.2 Å². The average molecular weight is 214 g/mol. The molecule has 0 aliphatic carbocycles. The monoisotopic (exact) mass is 213 g/mol. The van der Waals surface area contributed by atoms with Crippen LogP contribution in [0.15, 0.2) is 16.7 Å². The Kier molecular flexibility index (Phi) is 1.76. The minimum Gasteiger partial charge on any atom is -0.357 e. The number of aromatic nitrogens is 1. The van der Waals surface area contributed by atoms with Gasteiger partial charge in [-0.25, -0.2) is 0 Å². The number of halogens is 4. The van der Waals surface area contributed by atoms with Crippen LogP contribution in [0.1, 0.15) is 5.69 Å². The van der Waals surface area contributed by atoms with Crippen molar-refractivity contribution in [3.05, 3.63) is 22.4 Å². The summed E-state index contributed by atoms with van der Waals surface area (Å²) >= 11 is 2.75. The zero-order chi connectivity index (χ0) is 7.78. The van der Waals surface area contributed by atoms with Gasteiger partial charge in [-0.3, -0.25) is 0 Å². The second kappa shape index (κ2) is 2.30. The van der Waals surface area contributed by atoms with Crippen LogP contribution >= 0.6 is 15.9 Å². The molecule has 0 unspecified atom stereocenters. The molecule has 0 aliphatic rings. The number of alkyl halides is 3. The van der Waals surface area contributed by atoms with Gasteiger partial charge in [0.05, 0.1) is 0 Å². The first-order valence-corrected chi connectivity index (χ1v) is 3.21. The molecule has 1 nitrogen and oxygen atoms in total. The third kappa shape index (κ3) is 1.34. The van der Waals surface area contributed by atoms with Crippen LogP contribution in [0.4, 0.5) is 13.2 Å². The summed E-state index contributed by atoms with van der Waals surface area (Å²) in [6.07, 6.45) is -3.06. The predicted molar refractivity (Wildman–Crippen MR) is 33.5 cm³/mol. The van der Waals surface area contributed by atoms with Crippen LogP contribution < -0.4 is 0 Å². The molecule has 1 rings (SSSR count). The van der Waals surface area contributed by atoms with Crippen molar-refractivity contribution in [3.63, 3.8) is 0 Å². The first-order valence-electron chi connectivity index (χ1n) is 2.42. The zero-order valence-corrected chi connectivity index (χ0v) is 6.25. The Labute approximate surface area is 63.4 Å². The Bertz CT molecular complexity index is 227. The fraction of sp³-hybridized carbons (Fsp3) is 0.200. The fourth-order valence-electron chi connectivity index (χ4n) is 0.568. The van der Waals surface area contributed by atoms with Crippen LogP contribution in [0.25, 0.3) is 0 Å². The lowest BCUT2D eigenvalue weighted by Crippen LogP contribution is -2.05. The van der Waals surface area contributed by atoms with Gasteiger partial charge in [-0.05, 0) is 22.0 Å². The molecule has 0 saturated heterocycles. The van der Waals surface area contributed by atoms with E-state index in [1.54, 1.807) is 0 Å². The van der Waals surface area contributed by atoms with Crippen molar-refractivity contribution in [3.8, 4) is 0 Å². The molecule has 1 heterocycles. The fourth-order valence-corrected chi connectivity index (χ4v) is 1.04. The molecule has 5 heteroatoms. The number of hydrogen-bond donors (Lipinski definition) is 1. The Hall–Kier alpha value is -0.450. The molecule has 0 aliphatic heterocycles. The Morgan fingerprint density at radius 1 is 1.40 bits per heavy atom. The SMILES string of the molecule is FC(F)(F)c1[nH]ccc1Br. The maximum atomic E-state index is 11.8. The number of aromatic amines is 1. The molecule has 0 amide bonds.